The molecule has 7 heteroatoms. The third-order valence-electron chi connectivity index (χ3n) is 3.62. The lowest BCUT2D eigenvalue weighted by Crippen LogP contribution is -2.31. The number of ketones is 1. The van der Waals surface area contributed by atoms with Crippen LogP contribution in [0.3, 0.4) is 0 Å². The molecule has 5 nitrogen and oxygen atoms in total. The van der Waals surface area contributed by atoms with Gasteiger partial charge in [-0.3, -0.25) is 4.79 Å². The molecule has 0 amide bonds. The zero-order valence-corrected chi connectivity index (χ0v) is 13.5. The van der Waals surface area contributed by atoms with Gasteiger partial charge in [0.2, 0.25) is 5.78 Å². The summed E-state index contributed by atoms with van der Waals surface area (Å²) in [5.74, 6) is -0.833. The normalized spacial score (nSPS) is 10.9. The molecular weight excluding hydrogens is 331 g/mol. The van der Waals surface area contributed by atoms with E-state index in [1.54, 1.807) is 24.3 Å². The van der Waals surface area contributed by atoms with Crippen LogP contribution in [0.4, 0.5) is 4.39 Å². The molecule has 24 heavy (non-hydrogen) atoms. The molecule has 0 aliphatic rings. The zero-order chi connectivity index (χ0) is 17.3. The van der Waals surface area contributed by atoms with Gasteiger partial charge in [0.15, 0.2) is 0 Å². The smallest absolute Gasteiger partial charge is 0.325 e. The number of Topliss-reactive ketones (excluding diaryl/α,β-unsaturated/α-hetero) is 1. The fourth-order valence-corrected chi connectivity index (χ4v) is 3.18. The van der Waals surface area contributed by atoms with E-state index >= 15 is 0 Å². The van der Waals surface area contributed by atoms with Gasteiger partial charge in [0.1, 0.15) is 11.3 Å². The number of hydrogen-bond donors (Lipinski definition) is 0. The number of rotatable bonds is 4. The molecule has 0 spiro atoms. The third-order valence-corrected chi connectivity index (χ3v) is 4.63. The number of benzene rings is 2. The molecule has 1 heterocycles. The number of nitrogens with zero attached hydrogens (tertiary/aromatic N) is 2. The van der Waals surface area contributed by atoms with Gasteiger partial charge in [-0.05, 0) is 37.3 Å². The second-order valence-electron chi connectivity index (χ2n) is 5.18. The van der Waals surface area contributed by atoms with Crippen LogP contribution >= 0.6 is 11.8 Å². The molecule has 122 valence electrons. The lowest BCUT2D eigenvalue weighted by molar-refractivity contribution is -0.468. The fraction of sp³-hybridized carbons (Fsp3) is 0.118. The molecule has 3 aromatic rings. The highest BCUT2D eigenvalue weighted by Gasteiger charge is 2.26. The van der Waals surface area contributed by atoms with Crippen LogP contribution in [0.2, 0.25) is 0 Å². The Morgan fingerprint density at radius 3 is 2.58 bits per heavy atom. The molecule has 0 unspecified atom stereocenters. The lowest BCUT2D eigenvalue weighted by Gasteiger charge is -2.15. The number of halogens is 1. The summed E-state index contributed by atoms with van der Waals surface area (Å²) >= 11 is 1.18. The van der Waals surface area contributed by atoms with E-state index in [2.05, 4.69) is 0 Å². The summed E-state index contributed by atoms with van der Waals surface area (Å²) < 4.78 is 14.0. The highest BCUT2D eigenvalue weighted by Crippen LogP contribution is 2.20. The summed E-state index contributed by atoms with van der Waals surface area (Å²) in [6.45, 7) is 1.45. The Hall–Kier alpha value is -2.67. The van der Waals surface area contributed by atoms with Gasteiger partial charge in [-0.1, -0.05) is 12.1 Å². The van der Waals surface area contributed by atoms with Crippen molar-refractivity contribution in [1.29, 1.82) is 0 Å². The molecule has 2 aromatic carbocycles. The lowest BCUT2D eigenvalue weighted by atomic mass is 10.2. The summed E-state index contributed by atoms with van der Waals surface area (Å²) in [5.41, 5.74) is 0.257. The number of fused-ring (bicyclic) bond motifs is 1. The van der Waals surface area contributed by atoms with Crippen LogP contribution in [0.5, 0.6) is 0 Å². The van der Waals surface area contributed by atoms with Crippen molar-refractivity contribution in [3.8, 4) is 0 Å². The second kappa shape index (κ2) is 6.45. The maximum atomic E-state index is 12.9. The van der Waals surface area contributed by atoms with Gasteiger partial charge in [-0.2, -0.15) is 0 Å². The van der Waals surface area contributed by atoms with Crippen molar-refractivity contribution in [1.82, 2.24) is 4.73 Å². The maximum absolute atomic E-state index is 12.9. The van der Waals surface area contributed by atoms with Gasteiger partial charge < -0.3 is 9.94 Å². The van der Waals surface area contributed by atoms with Crippen molar-refractivity contribution in [3.63, 3.8) is 0 Å². The summed E-state index contributed by atoms with van der Waals surface area (Å²) in [4.78, 5) is 25.6. The summed E-state index contributed by atoms with van der Waals surface area (Å²) in [5, 5.41) is 12.3. The van der Waals surface area contributed by atoms with Crippen LogP contribution in [0.25, 0.3) is 11.0 Å². The van der Waals surface area contributed by atoms with Gasteiger partial charge in [0.25, 0.3) is 5.52 Å². The first-order valence-corrected chi connectivity index (χ1v) is 8.13. The number of aromatic nitrogens is 2. The minimum Gasteiger partial charge on any atom is -0.805 e. The zero-order valence-electron chi connectivity index (χ0n) is 12.7. The maximum Gasteiger partial charge on any atom is 0.325 e. The topological polar surface area (TPSA) is 68.0 Å². The van der Waals surface area contributed by atoms with Crippen molar-refractivity contribution in [2.75, 3.05) is 5.75 Å². The monoisotopic (exact) mass is 344 g/mol. The Kier molecular flexibility index (Phi) is 4.35. The quantitative estimate of drug-likeness (QED) is 0.414. The van der Waals surface area contributed by atoms with Crippen molar-refractivity contribution in [2.24, 2.45) is 0 Å². The first-order chi connectivity index (χ1) is 11.5. The molecule has 1 aromatic heterocycles. The van der Waals surface area contributed by atoms with Gasteiger partial charge in [0.05, 0.1) is 15.9 Å². The van der Waals surface area contributed by atoms with Crippen LogP contribution in [0, 0.1) is 22.9 Å². The van der Waals surface area contributed by atoms with E-state index in [0.717, 1.165) is 0 Å². The average Bonchev–Trinajstić information content (AvgIpc) is 2.59. The summed E-state index contributed by atoms with van der Waals surface area (Å²) in [7, 11) is 0. The molecule has 0 fully saturated rings. The number of carbonyl (C=O) groups is 1. The van der Waals surface area contributed by atoms with E-state index < -0.39 is 5.78 Å². The molecule has 0 saturated carbocycles. The summed E-state index contributed by atoms with van der Waals surface area (Å²) in [6.07, 6.45) is 0. The van der Waals surface area contributed by atoms with Crippen molar-refractivity contribution in [3.05, 3.63) is 75.9 Å². The number of hydrogen-bond acceptors (Lipinski definition) is 4. The Morgan fingerprint density at radius 1 is 1.21 bits per heavy atom. The van der Waals surface area contributed by atoms with E-state index in [1.807, 2.05) is 0 Å². The minimum absolute atomic E-state index is 0.0208. The van der Waals surface area contributed by atoms with E-state index in [9.17, 15) is 19.3 Å². The van der Waals surface area contributed by atoms with E-state index in [-0.39, 0.29) is 34.0 Å². The van der Waals surface area contributed by atoms with Crippen LogP contribution < -0.4 is 4.43 Å². The Morgan fingerprint density at radius 2 is 1.88 bits per heavy atom. The van der Waals surface area contributed by atoms with Gasteiger partial charge in [-0.25, -0.2) is 4.39 Å². The van der Waals surface area contributed by atoms with Crippen molar-refractivity contribution >= 4 is 28.6 Å². The molecule has 0 saturated heterocycles. The van der Waals surface area contributed by atoms with Crippen LogP contribution in [-0.2, 0) is 0 Å². The number of para-hydroxylation sites is 2. The van der Waals surface area contributed by atoms with Gasteiger partial charge in [0, 0.05) is 15.9 Å². The molecule has 0 aliphatic carbocycles. The van der Waals surface area contributed by atoms with Crippen molar-refractivity contribution in [2.45, 2.75) is 11.8 Å². The fourth-order valence-electron chi connectivity index (χ4n) is 2.41. The van der Waals surface area contributed by atoms with Crippen LogP contribution in [0.1, 0.15) is 16.2 Å². The Bertz CT molecular complexity index is 984. The predicted molar refractivity (Wildman–Crippen MR) is 90.3 cm³/mol. The van der Waals surface area contributed by atoms with E-state index in [1.165, 1.54) is 43.0 Å². The largest absolute Gasteiger partial charge is 0.805 e. The molecule has 0 N–H and O–H groups in total. The molecule has 0 radical (unpaired) electrons. The minimum atomic E-state index is -0.452. The first kappa shape index (κ1) is 16.2. The third kappa shape index (κ3) is 2.90. The molecule has 0 bridgehead atoms. The van der Waals surface area contributed by atoms with Crippen molar-refractivity contribution < 1.29 is 13.6 Å². The average molecular weight is 344 g/mol. The van der Waals surface area contributed by atoms with E-state index in [0.29, 0.717) is 14.1 Å². The second-order valence-corrected chi connectivity index (χ2v) is 6.23. The highest BCUT2D eigenvalue weighted by atomic mass is 32.2. The molecular formula is C17H13FN2O3S. The Labute approximate surface area is 140 Å². The first-order valence-electron chi connectivity index (χ1n) is 7.15. The standard InChI is InChI=1S/C17H13FN2O3S/c1-11-17(16(21)10-24-13-8-6-12(18)7-9-13)20(23)15-5-3-2-4-14(15)19(11)22/h2-9H,10H2,1H3. The van der Waals surface area contributed by atoms with Crippen LogP contribution in [-0.4, -0.2) is 16.3 Å². The molecule has 0 aliphatic heterocycles. The van der Waals surface area contributed by atoms with E-state index in [4.69, 9.17) is 0 Å². The van der Waals surface area contributed by atoms with Crippen LogP contribution in [0.15, 0.2) is 53.4 Å². The summed E-state index contributed by atoms with van der Waals surface area (Å²) in [6, 6.07) is 12.0. The number of thioether (sulfide) groups is 1. The Balaban J connectivity index is 1.95. The molecule has 3 rings (SSSR count). The predicted octanol–water partition coefficient (Wildman–Crippen LogP) is 3.32. The number of carbonyl (C=O) groups excluding carboxylic acids is 1. The SMILES string of the molecule is Cc1c(C(=O)CSc2ccc(F)cc2)[n+](=O)c2ccccc2n1[O-]. The molecule has 0 atom stereocenters. The highest BCUT2D eigenvalue weighted by molar-refractivity contribution is 8.00. The van der Waals surface area contributed by atoms with Gasteiger partial charge in [-0.15, -0.1) is 11.8 Å². The van der Waals surface area contributed by atoms with Gasteiger partial charge >= 0.3 is 5.69 Å².